The maximum absolute atomic E-state index is 13.5. The number of rotatable bonds is 8. The molecular formula is C20H24F3IN4O2. The van der Waals surface area contributed by atoms with E-state index in [-0.39, 0.29) is 54.3 Å². The molecule has 164 valence electrons. The molecule has 0 radical (unpaired) electrons. The molecule has 0 aromatic heterocycles. The van der Waals surface area contributed by atoms with Gasteiger partial charge in [-0.2, -0.15) is 8.78 Å². The van der Waals surface area contributed by atoms with Crippen molar-refractivity contribution in [3.05, 3.63) is 65.0 Å². The van der Waals surface area contributed by atoms with Crippen LogP contribution in [0.5, 0.6) is 5.75 Å². The highest BCUT2D eigenvalue weighted by atomic mass is 127. The fourth-order valence-corrected chi connectivity index (χ4v) is 2.45. The van der Waals surface area contributed by atoms with Crippen molar-refractivity contribution in [2.45, 2.75) is 20.1 Å². The monoisotopic (exact) mass is 536 g/mol. The number of ether oxygens (including phenoxy) is 1. The van der Waals surface area contributed by atoms with Gasteiger partial charge in [-0.25, -0.2) is 4.39 Å². The summed E-state index contributed by atoms with van der Waals surface area (Å²) in [6.07, 6.45) is 0. The molecule has 6 nitrogen and oxygen atoms in total. The van der Waals surface area contributed by atoms with Crippen molar-refractivity contribution in [1.29, 1.82) is 0 Å². The van der Waals surface area contributed by atoms with Crippen LogP contribution in [0.25, 0.3) is 0 Å². The van der Waals surface area contributed by atoms with Gasteiger partial charge in [0.15, 0.2) is 5.96 Å². The Morgan fingerprint density at radius 3 is 2.47 bits per heavy atom. The molecular weight excluding hydrogens is 512 g/mol. The van der Waals surface area contributed by atoms with Crippen LogP contribution in [0.15, 0.2) is 47.5 Å². The molecule has 2 rings (SSSR count). The number of hydrogen-bond donors (Lipinski definition) is 3. The summed E-state index contributed by atoms with van der Waals surface area (Å²) in [5.41, 5.74) is 1.26. The van der Waals surface area contributed by atoms with Crippen molar-refractivity contribution in [1.82, 2.24) is 16.0 Å². The number of benzene rings is 2. The number of para-hydroxylation sites is 1. The maximum atomic E-state index is 13.5. The highest BCUT2D eigenvalue weighted by Gasteiger charge is 2.10. The molecule has 2 aromatic rings. The van der Waals surface area contributed by atoms with E-state index < -0.39 is 12.4 Å². The van der Waals surface area contributed by atoms with E-state index in [1.807, 2.05) is 0 Å². The predicted molar refractivity (Wildman–Crippen MR) is 120 cm³/mol. The molecule has 0 heterocycles. The Labute approximate surface area is 190 Å². The Morgan fingerprint density at radius 2 is 1.80 bits per heavy atom. The zero-order valence-corrected chi connectivity index (χ0v) is 18.9. The topological polar surface area (TPSA) is 74.8 Å². The first-order valence-corrected chi connectivity index (χ1v) is 8.92. The van der Waals surface area contributed by atoms with Gasteiger partial charge in [0.1, 0.15) is 11.6 Å². The van der Waals surface area contributed by atoms with Gasteiger partial charge in [-0.3, -0.25) is 9.79 Å². The van der Waals surface area contributed by atoms with Crippen molar-refractivity contribution >= 4 is 35.8 Å². The number of guanidine groups is 1. The summed E-state index contributed by atoms with van der Waals surface area (Å²) in [5.74, 6) is -0.307. The minimum atomic E-state index is -2.90. The van der Waals surface area contributed by atoms with Crippen LogP contribution in [-0.4, -0.2) is 38.6 Å². The standard InChI is InChI=1S/C20H23F3N4O2.HI/c1-13-7-8-14(11-16(13)21)18(28)25-9-10-26-20(24-2)27-12-15-5-3-4-6-17(15)29-19(22)23;/h3-8,11,19H,9-10,12H2,1-2H3,(H,25,28)(H2,24,26,27);1H. The number of aryl methyl sites for hydroxylation is 1. The van der Waals surface area contributed by atoms with Crippen LogP contribution < -0.4 is 20.7 Å². The lowest BCUT2D eigenvalue weighted by atomic mass is 10.1. The molecule has 1 amide bonds. The molecule has 10 heteroatoms. The number of hydrogen-bond acceptors (Lipinski definition) is 3. The van der Waals surface area contributed by atoms with Crippen molar-refractivity contribution < 1.29 is 22.7 Å². The Kier molecular flexibility index (Phi) is 11.0. The molecule has 0 aliphatic rings. The lowest BCUT2D eigenvalue weighted by molar-refractivity contribution is -0.0504. The fraction of sp³-hybridized carbons (Fsp3) is 0.300. The Hall–Kier alpha value is -2.50. The van der Waals surface area contributed by atoms with Gasteiger partial charge in [-0.1, -0.05) is 24.3 Å². The van der Waals surface area contributed by atoms with Crippen molar-refractivity contribution in [3.63, 3.8) is 0 Å². The first kappa shape index (κ1) is 25.5. The van der Waals surface area contributed by atoms with Crippen LogP contribution in [0.3, 0.4) is 0 Å². The first-order chi connectivity index (χ1) is 13.9. The van der Waals surface area contributed by atoms with Crippen LogP contribution >= 0.6 is 24.0 Å². The van der Waals surface area contributed by atoms with E-state index >= 15 is 0 Å². The number of amides is 1. The van der Waals surface area contributed by atoms with Crippen LogP contribution in [0, 0.1) is 12.7 Å². The summed E-state index contributed by atoms with van der Waals surface area (Å²) >= 11 is 0. The van der Waals surface area contributed by atoms with Crippen molar-refractivity contribution in [2.75, 3.05) is 20.1 Å². The van der Waals surface area contributed by atoms with E-state index in [0.29, 0.717) is 23.6 Å². The lowest BCUT2D eigenvalue weighted by Crippen LogP contribution is -2.41. The fourth-order valence-electron chi connectivity index (χ4n) is 2.45. The molecule has 3 N–H and O–H groups in total. The summed E-state index contributed by atoms with van der Waals surface area (Å²) in [4.78, 5) is 16.1. The van der Waals surface area contributed by atoms with Gasteiger partial charge in [0, 0.05) is 37.8 Å². The minimum Gasteiger partial charge on any atom is -0.434 e. The second-order valence-electron chi connectivity index (χ2n) is 6.06. The van der Waals surface area contributed by atoms with Gasteiger partial charge in [-0.15, -0.1) is 24.0 Å². The molecule has 0 atom stereocenters. The number of halogens is 4. The van der Waals surface area contributed by atoms with Gasteiger partial charge >= 0.3 is 6.61 Å². The van der Waals surface area contributed by atoms with E-state index in [4.69, 9.17) is 0 Å². The van der Waals surface area contributed by atoms with E-state index in [1.165, 1.54) is 12.1 Å². The SMILES string of the molecule is CN=C(NCCNC(=O)c1ccc(C)c(F)c1)NCc1ccccc1OC(F)F.I. The average molecular weight is 536 g/mol. The zero-order chi connectivity index (χ0) is 21.2. The van der Waals surface area contributed by atoms with Crippen LogP contribution in [0.1, 0.15) is 21.5 Å². The summed E-state index contributed by atoms with van der Waals surface area (Å²) in [6, 6.07) is 10.7. The third kappa shape index (κ3) is 8.09. The molecule has 0 aliphatic carbocycles. The maximum Gasteiger partial charge on any atom is 0.387 e. The Morgan fingerprint density at radius 1 is 1.10 bits per heavy atom. The zero-order valence-electron chi connectivity index (χ0n) is 16.5. The van der Waals surface area contributed by atoms with E-state index in [0.717, 1.165) is 0 Å². The molecule has 30 heavy (non-hydrogen) atoms. The molecule has 2 aromatic carbocycles. The molecule has 0 bridgehead atoms. The first-order valence-electron chi connectivity index (χ1n) is 8.92. The summed E-state index contributed by atoms with van der Waals surface area (Å²) in [6.45, 7) is -0.427. The lowest BCUT2D eigenvalue weighted by Gasteiger charge is -2.14. The summed E-state index contributed by atoms with van der Waals surface area (Å²) in [5, 5.41) is 8.65. The van der Waals surface area contributed by atoms with E-state index in [1.54, 1.807) is 44.3 Å². The van der Waals surface area contributed by atoms with Gasteiger partial charge in [0.05, 0.1) is 0 Å². The predicted octanol–water partition coefficient (Wildman–Crippen LogP) is 3.45. The highest BCUT2D eigenvalue weighted by Crippen LogP contribution is 2.19. The molecule has 0 spiro atoms. The quantitative estimate of drug-likeness (QED) is 0.209. The van der Waals surface area contributed by atoms with E-state index in [9.17, 15) is 18.0 Å². The van der Waals surface area contributed by atoms with Crippen molar-refractivity contribution in [2.24, 2.45) is 4.99 Å². The molecule has 0 saturated carbocycles. The normalized spacial score (nSPS) is 10.9. The highest BCUT2D eigenvalue weighted by molar-refractivity contribution is 14.0. The Balaban J connectivity index is 0.00000450. The average Bonchev–Trinajstić information content (AvgIpc) is 2.70. The van der Waals surface area contributed by atoms with Crippen LogP contribution in [0.4, 0.5) is 13.2 Å². The molecule has 0 aliphatic heterocycles. The number of aliphatic imine (C=N–C) groups is 1. The smallest absolute Gasteiger partial charge is 0.387 e. The molecule has 0 saturated heterocycles. The Bertz CT molecular complexity index is 866. The number of nitrogens with one attached hydrogen (secondary N) is 3. The van der Waals surface area contributed by atoms with Gasteiger partial charge < -0.3 is 20.7 Å². The number of carbonyl (C=O) groups excluding carboxylic acids is 1. The second-order valence-corrected chi connectivity index (χ2v) is 6.06. The van der Waals surface area contributed by atoms with Gasteiger partial charge in [0.2, 0.25) is 0 Å². The van der Waals surface area contributed by atoms with E-state index in [2.05, 4.69) is 25.7 Å². The molecule has 0 unspecified atom stereocenters. The minimum absolute atomic E-state index is 0. The third-order valence-electron chi connectivity index (χ3n) is 4.00. The van der Waals surface area contributed by atoms with Crippen LogP contribution in [0.2, 0.25) is 0 Å². The van der Waals surface area contributed by atoms with Gasteiger partial charge in [0.25, 0.3) is 5.91 Å². The van der Waals surface area contributed by atoms with Crippen molar-refractivity contribution in [3.8, 4) is 5.75 Å². The third-order valence-corrected chi connectivity index (χ3v) is 4.00. The van der Waals surface area contributed by atoms with Crippen LogP contribution in [-0.2, 0) is 6.54 Å². The molecule has 0 fully saturated rings. The summed E-state index contributed by atoms with van der Waals surface area (Å²) < 4.78 is 43.0. The van der Waals surface area contributed by atoms with Gasteiger partial charge in [-0.05, 0) is 30.7 Å². The number of nitrogens with zero attached hydrogens (tertiary/aromatic N) is 1. The number of carbonyl (C=O) groups is 1. The number of alkyl halides is 2. The second kappa shape index (κ2) is 12.9. The summed E-state index contributed by atoms with van der Waals surface area (Å²) in [7, 11) is 1.56. The largest absolute Gasteiger partial charge is 0.434 e.